The summed E-state index contributed by atoms with van der Waals surface area (Å²) >= 11 is 0. The van der Waals surface area contributed by atoms with Gasteiger partial charge in [0.15, 0.2) is 6.29 Å². The molecule has 4 nitrogen and oxygen atoms in total. The molecule has 0 fully saturated rings. The van der Waals surface area contributed by atoms with Gasteiger partial charge in [0, 0.05) is 12.5 Å². The summed E-state index contributed by atoms with van der Waals surface area (Å²) in [6.45, 7) is 2.43. The fourth-order valence-electron chi connectivity index (χ4n) is 1.78. The number of nitrogens with zero attached hydrogens (tertiary/aromatic N) is 1. The summed E-state index contributed by atoms with van der Waals surface area (Å²) in [5, 5.41) is 0.947. The number of pyridine rings is 1. The lowest BCUT2D eigenvalue weighted by Gasteiger charge is -2.15. The Hall–Kier alpha value is -1.94. The highest BCUT2D eigenvalue weighted by atomic mass is 16.5. The zero-order valence-electron chi connectivity index (χ0n) is 10.4. The lowest BCUT2D eigenvalue weighted by molar-refractivity contribution is 0.0929. The summed E-state index contributed by atoms with van der Waals surface area (Å²) in [6.07, 6.45) is 0.664. The van der Waals surface area contributed by atoms with Crippen LogP contribution in [0.1, 0.15) is 17.4 Å². The van der Waals surface area contributed by atoms with E-state index in [1.807, 2.05) is 31.2 Å². The van der Waals surface area contributed by atoms with Gasteiger partial charge in [0.2, 0.25) is 0 Å². The van der Waals surface area contributed by atoms with Gasteiger partial charge >= 0.3 is 0 Å². The number of carbonyl (C=O) groups is 1. The topological polar surface area (TPSA) is 48.4 Å². The molecule has 0 radical (unpaired) electrons. The standard InChI is InChI=1S/C14H15NO3/c1-10(9-17-2)18-13-5-3-4-11-6-7-12(8-16)15-14(11)13/h3-8,10H,9H2,1-2H3. The van der Waals surface area contributed by atoms with Crippen molar-refractivity contribution < 1.29 is 14.3 Å². The van der Waals surface area contributed by atoms with E-state index in [0.29, 0.717) is 23.6 Å². The van der Waals surface area contributed by atoms with Crippen LogP contribution in [0.3, 0.4) is 0 Å². The van der Waals surface area contributed by atoms with E-state index < -0.39 is 0 Å². The highest BCUT2D eigenvalue weighted by molar-refractivity contribution is 5.87. The molecule has 0 aliphatic carbocycles. The summed E-state index contributed by atoms with van der Waals surface area (Å²) in [4.78, 5) is 15.0. The van der Waals surface area contributed by atoms with Crippen LogP contribution in [0, 0.1) is 0 Å². The number of hydrogen-bond acceptors (Lipinski definition) is 4. The highest BCUT2D eigenvalue weighted by Crippen LogP contribution is 2.24. The van der Waals surface area contributed by atoms with E-state index in [1.165, 1.54) is 0 Å². The fraction of sp³-hybridized carbons (Fsp3) is 0.286. The Morgan fingerprint density at radius 1 is 1.33 bits per heavy atom. The zero-order chi connectivity index (χ0) is 13.0. The number of aldehydes is 1. The van der Waals surface area contributed by atoms with Crippen molar-refractivity contribution in [1.82, 2.24) is 4.98 Å². The molecule has 1 aromatic carbocycles. The molecule has 0 saturated heterocycles. The number of aromatic nitrogens is 1. The minimum atomic E-state index is -0.0673. The molecule has 2 rings (SSSR count). The molecule has 0 aliphatic heterocycles. The number of carbonyl (C=O) groups excluding carboxylic acids is 1. The quantitative estimate of drug-likeness (QED) is 0.759. The number of hydrogen-bond donors (Lipinski definition) is 0. The van der Waals surface area contributed by atoms with Crippen LogP contribution >= 0.6 is 0 Å². The third kappa shape index (κ3) is 2.65. The molecule has 1 aromatic heterocycles. The van der Waals surface area contributed by atoms with Crippen LogP contribution in [-0.4, -0.2) is 31.1 Å². The Labute approximate surface area is 106 Å². The van der Waals surface area contributed by atoms with Crippen LogP contribution in [0.2, 0.25) is 0 Å². The largest absolute Gasteiger partial charge is 0.486 e. The van der Waals surface area contributed by atoms with Crippen LogP contribution in [0.25, 0.3) is 10.9 Å². The minimum absolute atomic E-state index is 0.0673. The monoisotopic (exact) mass is 245 g/mol. The van der Waals surface area contributed by atoms with Gasteiger partial charge in [0.1, 0.15) is 23.1 Å². The first-order chi connectivity index (χ1) is 8.74. The van der Waals surface area contributed by atoms with Gasteiger partial charge in [-0.25, -0.2) is 4.98 Å². The molecule has 0 amide bonds. The number of rotatable bonds is 5. The van der Waals surface area contributed by atoms with Gasteiger partial charge in [-0.15, -0.1) is 0 Å². The lowest BCUT2D eigenvalue weighted by Crippen LogP contribution is -2.18. The first-order valence-corrected chi connectivity index (χ1v) is 5.75. The second-order valence-corrected chi connectivity index (χ2v) is 4.07. The molecule has 1 atom stereocenters. The minimum Gasteiger partial charge on any atom is -0.486 e. The van der Waals surface area contributed by atoms with E-state index in [0.717, 1.165) is 11.7 Å². The number of fused-ring (bicyclic) bond motifs is 1. The molecular formula is C14H15NO3. The van der Waals surface area contributed by atoms with Crippen molar-refractivity contribution in [3.05, 3.63) is 36.0 Å². The van der Waals surface area contributed by atoms with Crippen LogP contribution < -0.4 is 4.74 Å². The Morgan fingerprint density at radius 3 is 2.89 bits per heavy atom. The molecule has 0 spiro atoms. The number of benzene rings is 1. The molecule has 0 bridgehead atoms. The van der Waals surface area contributed by atoms with E-state index >= 15 is 0 Å². The van der Waals surface area contributed by atoms with Crippen molar-refractivity contribution in [2.75, 3.05) is 13.7 Å². The van der Waals surface area contributed by atoms with Gasteiger partial charge < -0.3 is 9.47 Å². The van der Waals surface area contributed by atoms with Crippen LogP contribution in [-0.2, 0) is 4.74 Å². The van der Waals surface area contributed by atoms with Crippen molar-refractivity contribution in [3.63, 3.8) is 0 Å². The molecule has 1 unspecified atom stereocenters. The molecule has 0 saturated carbocycles. The maximum Gasteiger partial charge on any atom is 0.168 e. The van der Waals surface area contributed by atoms with Gasteiger partial charge in [0.25, 0.3) is 0 Å². The van der Waals surface area contributed by atoms with Crippen molar-refractivity contribution in [3.8, 4) is 5.75 Å². The number of methoxy groups -OCH3 is 1. The van der Waals surface area contributed by atoms with E-state index in [2.05, 4.69) is 4.98 Å². The lowest BCUT2D eigenvalue weighted by atomic mass is 10.2. The van der Waals surface area contributed by atoms with Gasteiger partial charge in [-0.05, 0) is 19.1 Å². The van der Waals surface area contributed by atoms with Gasteiger partial charge in [-0.1, -0.05) is 18.2 Å². The second kappa shape index (κ2) is 5.60. The third-order valence-corrected chi connectivity index (χ3v) is 2.56. The zero-order valence-corrected chi connectivity index (χ0v) is 10.4. The van der Waals surface area contributed by atoms with Crippen molar-refractivity contribution in [2.24, 2.45) is 0 Å². The van der Waals surface area contributed by atoms with Gasteiger partial charge in [0.05, 0.1) is 6.61 Å². The Kier molecular flexibility index (Phi) is 3.89. The summed E-state index contributed by atoms with van der Waals surface area (Å²) < 4.78 is 10.8. The summed E-state index contributed by atoms with van der Waals surface area (Å²) in [5.41, 5.74) is 1.10. The first-order valence-electron chi connectivity index (χ1n) is 5.75. The van der Waals surface area contributed by atoms with Crippen molar-refractivity contribution in [1.29, 1.82) is 0 Å². The maximum atomic E-state index is 10.8. The van der Waals surface area contributed by atoms with E-state index in [4.69, 9.17) is 9.47 Å². The molecule has 0 N–H and O–H groups in total. The highest BCUT2D eigenvalue weighted by Gasteiger charge is 2.08. The van der Waals surface area contributed by atoms with E-state index in [9.17, 15) is 4.79 Å². The average Bonchev–Trinajstić information content (AvgIpc) is 2.39. The van der Waals surface area contributed by atoms with E-state index in [1.54, 1.807) is 13.2 Å². The van der Waals surface area contributed by atoms with Crippen molar-refractivity contribution in [2.45, 2.75) is 13.0 Å². The Balaban J connectivity index is 2.39. The summed E-state index contributed by atoms with van der Waals surface area (Å²) in [6, 6.07) is 9.23. The van der Waals surface area contributed by atoms with Crippen molar-refractivity contribution >= 4 is 17.2 Å². The molecule has 1 heterocycles. The van der Waals surface area contributed by atoms with Crippen LogP contribution in [0.5, 0.6) is 5.75 Å². The van der Waals surface area contributed by atoms with Gasteiger partial charge in [-0.3, -0.25) is 4.79 Å². The molecule has 94 valence electrons. The van der Waals surface area contributed by atoms with Gasteiger partial charge in [-0.2, -0.15) is 0 Å². The smallest absolute Gasteiger partial charge is 0.168 e. The summed E-state index contributed by atoms with van der Waals surface area (Å²) in [7, 11) is 1.63. The normalized spacial score (nSPS) is 12.3. The average molecular weight is 245 g/mol. The van der Waals surface area contributed by atoms with E-state index in [-0.39, 0.29) is 6.10 Å². The molecular weight excluding hydrogens is 230 g/mol. The predicted molar refractivity (Wildman–Crippen MR) is 69.1 cm³/mol. The number of para-hydroxylation sites is 1. The Morgan fingerprint density at radius 2 is 2.17 bits per heavy atom. The fourth-order valence-corrected chi connectivity index (χ4v) is 1.78. The number of ether oxygens (including phenoxy) is 2. The predicted octanol–water partition coefficient (Wildman–Crippen LogP) is 2.46. The Bertz CT molecular complexity index is 554. The van der Waals surface area contributed by atoms with Crippen LogP contribution in [0.15, 0.2) is 30.3 Å². The SMILES string of the molecule is COCC(C)Oc1cccc2ccc(C=O)nc12. The third-order valence-electron chi connectivity index (χ3n) is 2.56. The molecule has 18 heavy (non-hydrogen) atoms. The maximum absolute atomic E-state index is 10.8. The molecule has 0 aliphatic rings. The molecule has 4 heteroatoms. The second-order valence-electron chi connectivity index (χ2n) is 4.07. The first kappa shape index (κ1) is 12.5. The molecule has 2 aromatic rings. The van der Waals surface area contributed by atoms with Crippen LogP contribution in [0.4, 0.5) is 0 Å². The summed E-state index contributed by atoms with van der Waals surface area (Å²) in [5.74, 6) is 0.667.